The van der Waals surface area contributed by atoms with Crippen LogP contribution in [0.15, 0.2) is 42.5 Å². The molecular formula is C17H19ClN2O4S. The van der Waals surface area contributed by atoms with Crippen LogP contribution in [0.3, 0.4) is 0 Å². The van der Waals surface area contributed by atoms with Gasteiger partial charge < -0.3 is 10.1 Å². The molecule has 2 rings (SSSR count). The summed E-state index contributed by atoms with van der Waals surface area (Å²) in [6, 6.07) is 11.7. The van der Waals surface area contributed by atoms with Gasteiger partial charge in [-0.15, -0.1) is 0 Å². The number of carbonyl (C=O) groups excluding carboxylic acids is 1. The fraction of sp³-hybridized carbons (Fsp3) is 0.235. The molecule has 0 aliphatic rings. The van der Waals surface area contributed by atoms with Gasteiger partial charge in [-0.3, -0.25) is 9.10 Å². The highest BCUT2D eigenvalue weighted by molar-refractivity contribution is 7.92. The predicted octanol–water partition coefficient (Wildman–Crippen LogP) is 2.67. The Bertz CT molecular complexity index is 867. The highest BCUT2D eigenvalue weighted by Gasteiger charge is 2.18. The Morgan fingerprint density at radius 1 is 1.20 bits per heavy atom. The molecule has 6 nitrogen and oxygen atoms in total. The first kappa shape index (κ1) is 19.1. The Balaban J connectivity index is 2.23. The Hall–Kier alpha value is -2.25. The minimum Gasteiger partial charge on any atom is -0.496 e. The van der Waals surface area contributed by atoms with Crippen LogP contribution in [-0.4, -0.2) is 34.7 Å². The van der Waals surface area contributed by atoms with Crippen molar-refractivity contribution in [1.29, 1.82) is 0 Å². The first-order chi connectivity index (χ1) is 11.7. The minimum absolute atomic E-state index is 0.254. The molecule has 8 heteroatoms. The van der Waals surface area contributed by atoms with E-state index in [1.54, 1.807) is 24.3 Å². The SMILES string of the molecule is COc1ccc(N(C)S(C)(=O)=O)cc1C(=O)NCc1ccc(Cl)cc1. The molecule has 0 saturated heterocycles. The average Bonchev–Trinajstić information content (AvgIpc) is 2.59. The van der Waals surface area contributed by atoms with E-state index in [1.807, 2.05) is 12.1 Å². The maximum atomic E-state index is 12.5. The molecule has 0 unspecified atom stereocenters. The molecule has 2 aromatic carbocycles. The fourth-order valence-electron chi connectivity index (χ4n) is 2.14. The third-order valence-electron chi connectivity index (χ3n) is 3.66. The van der Waals surface area contributed by atoms with Crippen molar-refractivity contribution < 1.29 is 17.9 Å². The van der Waals surface area contributed by atoms with E-state index in [9.17, 15) is 13.2 Å². The van der Waals surface area contributed by atoms with E-state index in [0.29, 0.717) is 23.0 Å². The zero-order valence-electron chi connectivity index (χ0n) is 14.1. The molecule has 0 bridgehead atoms. The molecule has 0 aliphatic heterocycles. The first-order valence-electron chi connectivity index (χ1n) is 7.37. The van der Waals surface area contributed by atoms with Crippen molar-refractivity contribution in [2.45, 2.75) is 6.54 Å². The van der Waals surface area contributed by atoms with Gasteiger partial charge in [0.2, 0.25) is 10.0 Å². The average molecular weight is 383 g/mol. The number of ether oxygens (including phenoxy) is 1. The van der Waals surface area contributed by atoms with Crippen LogP contribution >= 0.6 is 11.6 Å². The minimum atomic E-state index is -3.43. The van der Waals surface area contributed by atoms with Gasteiger partial charge in [0.15, 0.2) is 0 Å². The molecule has 1 N–H and O–H groups in total. The smallest absolute Gasteiger partial charge is 0.255 e. The normalized spacial score (nSPS) is 11.0. The van der Waals surface area contributed by atoms with Crippen LogP contribution in [0, 0.1) is 0 Å². The largest absolute Gasteiger partial charge is 0.496 e. The summed E-state index contributed by atoms with van der Waals surface area (Å²) in [7, 11) is -0.556. The third kappa shape index (κ3) is 4.87. The zero-order chi connectivity index (χ0) is 18.6. The summed E-state index contributed by atoms with van der Waals surface area (Å²) in [5, 5.41) is 3.40. The van der Waals surface area contributed by atoms with Crippen molar-refractivity contribution in [3.63, 3.8) is 0 Å². The van der Waals surface area contributed by atoms with E-state index >= 15 is 0 Å². The molecule has 0 spiro atoms. The van der Waals surface area contributed by atoms with Gasteiger partial charge >= 0.3 is 0 Å². The van der Waals surface area contributed by atoms with Crippen molar-refractivity contribution in [3.8, 4) is 5.75 Å². The summed E-state index contributed by atoms with van der Waals surface area (Å²) < 4.78 is 29.7. The van der Waals surface area contributed by atoms with Crippen molar-refractivity contribution in [1.82, 2.24) is 5.32 Å². The van der Waals surface area contributed by atoms with Gasteiger partial charge in [0, 0.05) is 18.6 Å². The van der Waals surface area contributed by atoms with Gasteiger partial charge in [0.1, 0.15) is 5.75 Å². The third-order valence-corrected chi connectivity index (χ3v) is 5.11. The van der Waals surface area contributed by atoms with Gasteiger partial charge in [-0.1, -0.05) is 23.7 Å². The Labute approximate surface area is 152 Å². The maximum absolute atomic E-state index is 12.5. The second-order valence-corrected chi connectivity index (χ2v) is 7.87. The highest BCUT2D eigenvalue weighted by Crippen LogP contribution is 2.25. The molecule has 134 valence electrons. The van der Waals surface area contributed by atoms with E-state index < -0.39 is 10.0 Å². The van der Waals surface area contributed by atoms with Gasteiger partial charge in [-0.25, -0.2) is 8.42 Å². The molecular weight excluding hydrogens is 364 g/mol. The molecule has 0 aliphatic carbocycles. The van der Waals surface area contributed by atoms with Gasteiger partial charge in [0.25, 0.3) is 5.91 Å². The fourth-order valence-corrected chi connectivity index (χ4v) is 2.76. The topological polar surface area (TPSA) is 75.7 Å². The molecule has 0 radical (unpaired) electrons. The summed E-state index contributed by atoms with van der Waals surface area (Å²) >= 11 is 5.84. The molecule has 25 heavy (non-hydrogen) atoms. The summed E-state index contributed by atoms with van der Waals surface area (Å²) in [5.41, 5.74) is 1.52. The quantitative estimate of drug-likeness (QED) is 0.833. The second kappa shape index (κ2) is 7.76. The van der Waals surface area contributed by atoms with E-state index in [4.69, 9.17) is 16.3 Å². The standard InChI is InChI=1S/C17H19ClN2O4S/c1-20(25(3,22)23)14-8-9-16(24-2)15(10-14)17(21)19-11-12-4-6-13(18)7-5-12/h4-10H,11H2,1-3H3,(H,19,21). The molecule has 0 atom stereocenters. The van der Waals surface area contributed by atoms with E-state index in [1.165, 1.54) is 20.2 Å². The number of anilines is 1. The monoisotopic (exact) mass is 382 g/mol. The van der Waals surface area contributed by atoms with E-state index in [-0.39, 0.29) is 11.5 Å². The zero-order valence-corrected chi connectivity index (χ0v) is 15.7. The van der Waals surface area contributed by atoms with Gasteiger partial charge in [0.05, 0.1) is 24.6 Å². The number of carbonyl (C=O) groups is 1. The number of benzene rings is 2. The first-order valence-corrected chi connectivity index (χ1v) is 9.59. The Morgan fingerprint density at radius 3 is 2.40 bits per heavy atom. The molecule has 1 amide bonds. The summed E-state index contributed by atoms with van der Waals surface area (Å²) in [4.78, 5) is 12.5. The van der Waals surface area contributed by atoms with Crippen molar-refractivity contribution in [3.05, 3.63) is 58.6 Å². The number of nitrogens with zero attached hydrogens (tertiary/aromatic N) is 1. The van der Waals surface area contributed by atoms with Crippen LogP contribution in [0.1, 0.15) is 15.9 Å². The summed E-state index contributed by atoms with van der Waals surface area (Å²) in [5.74, 6) is -0.00481. The van der Waals surface area contributed by atoms with Gasteiger partial charge in [-0.05, 0) is 35.9 Å². The van der Waals surface area contributed by atoms with E-state index in [0.717, 1.165) is 16.1 Å². The van der Waals surface area contributed by atoms with Gasteiger partial charge in [-0.2, -0.15) is 0 Å². The lowest BCUT2D eigenvalue weighted by atomic mass is 10.1. The molecule has 0 saturated carbocycles. The molecule has 0 fully saturated rings. The van der Waals surface area contributed by atoms with Crippen LogP contribution in [0.25, 0.3) is 0 Å². The number of halogens is 1. The molecule has 0 aromatic heterocycles. The maximum Gasteiger partial charge on any atom is 0.255 e. The highest BCUT2D eigenvalue weighted by atomic mass is 35.5. The van der Waals surface area contributed by atoms with Crippen molar-refractivity contribution >= 4 is 33.2 Å². The lowest BCUT2D eigenvalue weighted by Gasteiger charge is -2.18. The number of rotatable bonds is 6. The summed E-state index contributed by atoms with van der Waals surface area (Å²) in [6.07, 6.45) is 1.09. The van der Waals surface area contributed by atoms with Crippen LogP contribution in [0.2, 0.25) is 5.02 Å². The van der Waals surface area contributed by atoms with Crippen LogP contribution < -0.4 is 14.4 Å². The predicted molar refractivity (Wildman–Crippen MR) is 98.9 cm³/mol. The van der Waals surface area contributed by atoms with Crippen molar-refractivity contribution in [2.75, 3.05) is 24.7 Å². The number of nitrogens with one attached hydrogen (secondary N) is 1. The number of sulfonamides is 1. The number of methoxy groups -OCH3 is 1. The molecule has 0 heterocycles. The van der Waals surface area contributed by atoms with Crippen molar-refractivity contribution in [2.24, 2.45) is 0 Å². The second-order valence-electron chi connectivity index (χ2n) is 5.42. The lowest BCUT2D eigenvalue weighted by molar-refractivity contribution is 0.0948. The van der Waals surface area contributed by atoms with E-state index in [2.05, 4.69) is 5.32 Å². The number of amides is 1. The Morgan fingerprint density at radius 2 is 1.84 bits per heavy atom. The van der Waals surface area contributed by atoms with Crippen LogP contribution in [0.4, 0.5) is 5.69 Å². The lowest BCUT2D eigenvalue weighted by Crippen LogP contribution is -2.26. The Kier molecular flexibility index (Phi) is 5.92. The number of hydrogen-bond donors (Lipinski definition) is 1. The summed E-state index contributed by atoms with van der Waals surface area (Å²) in [6.45, 7) is 0.311. The molecule has 2 aromatic rings. The van der Waals surface area contributed by atoms with Crippen LogP contribution in [0.5, 0.6) is 5.75 Å². The van der Waals surface area contributed by atoms with Crippen LogP contribution in [-0.2, 0) is 16.6 Å². The number of hydrogen-bond acceptors (Lipinski definition) is 4.